The van der Waals surface area contributed by atoms with E-state index in [0.717, 1.165) is 12.0 Å². The van der Waals surface area contributed by atoms with Crippen LogP contribution in [0.5, 0.6) is 0 Å². The van der Waals surface area contributed by atoms with Crippen molar-refractivity contribution < 1.29 is 0 Å². The Morgan fingerprint density at radius 2 is 1.89 bits per heavy atom. The van der Waals surface area contributed by atoms with E-state index in [9.17, 15) is 0 Å². The molecule has 2 nitrogen and oxygen atoms in total. The Morgan fingerprint density at radius 3 is 2.67 bits per heavy atom. The molecule has 1 saturated carbocycles. The summed E-state index contributed by atoms with van der Waals surface area (Å²) in [5.74, 6) is 0.740. The van der Waals surface area contributed by atoms with Crippen molar-refractivity contribution in [2.45, 2.75) is 50.1 Å². The maximum Gasteiger partial charge on any atom is 0.0110 e. The standard InChI is InChI=1S/C16H24N2/c17-15-7-4-8-16(11-15)18-10-9-14(12-18)13-5-2-1-3-6-13/h1-3,5-6,14-16H,4,7-12,17H2. The highest BCUT2D eigenvalue weighted by molar-refractivity contribution is 5.21. The second kappa shape index (κ2) is 5.41. The Kier molecular flexibility index (Phi) is 3.67. The van der Waals surface area contributed by atoms with Crippen molar-refractivity contribution >= 4 is 0 Å². The predicted octanol–water partition coefficient (Wildman–Crippen LogP) is 2.75. The van der Waals surface area contributed by atoms with Gasteiger partial charge in [-0.2, -0.15) is 0 Å². The number of hydrogen-bond donors (Lipinski definition) is 1. The predicted molar refractivity (Wildman–Crippen MR) is 75.6 cm³/mol. The molecule has 0 bridgehead atoms. The molecule has 2 aliphatic rings. The lowest BCUT2D eigenvalue weighted by molar-refractivity contribution is 0.178. The number of benzene rings is 1. The van der Waals surface area contributed by atoms with Gasteiger partial charge in [-0.25, -0.2) is 0 Å². The average Bonchev–Trinajstić information content (AvgIpc) is 2.89. The zero-order valence-corrected chi connectivity index (χ0v) is 11.1. The minimum Gasteiger partial charge on any atom is -0.328 e. The van der Waals surface area contributed by atoms with Crippen LogP contribution in [-0.2, 0) is 0 Å². The molecule has 98 valence electrons. The zero-order valence-electron chi connectivity index (χ0n) is 11.1. The second-order valence-electron chi connectivity index (χ2n) is 5.97. The van der Waals surface area contributed by atoms with Crippen LogP contribution in [0.25, 0.3) is 0 Å². The third-order valence-electron chi connectivity index (χ3n) is 4.69. The lowest BCUT2D eigenvalue weighted by atomic mass is 9.90. The van der Waals surface area contributed by atoms with Gasteiger partial charge in [0.1, 0.15) is 0 Å². The maximum atomic E-state index is 6.11. The fourth-order valence-corrected chi connectivity index (χ4v) is 3.65. The van der Waals surface area contributed by atoms with Crippen LogP contribution in [0.1, 0.15) is 43.6 Å². The van der Waals surface area contributed by atoms with E-state index in [1.807, 2.05) is 0 Å². The summed E-state index contributed by atoms with van der Waals surface area (Å²) >= 11 is 0. The Morgan fingerprint density at radius 1 is 1.06 bits per heavy atom. The first-order chi connectivity index (χ1) is 8.83. The van der Waals surface area contributed by atoms with Crippen LogP contribution in [0.3, 0.4) is 0 Å². The molecule has 1 aliphatic heterocycles. The molecule has 2 heteroatoms. The molecule has 1 heterocycles. The van der Waals surface area contributed by atoms with Gasteiger partial charge in [0.2, 0.25) is 0 Å². The molecule has 0 spiro atoms. The largest absolute Gasteiger partial charge is 0.328 e. The van der Waals surface area contributed by atoms with Crippen molar-refractivity contribution in [3.8, 4) is 0 Å². The van der Waals surface area contributed by atoms with Crippen molar-refractivity contribution in [1.29, 1.82) is 0 Å². The summed E-state index contributed by atoms with van der Waals surface area (Å²) in [5.41, 5.74) is 7.63. The van der Waals surface area contributed by atoms with E-state index in [1.54, 1.807) is 0 Å². The van der Waals surface area contributed by atoms with E-state index in [2.05, 4.69) is 35.2 Å². The highest BCUT2D eigenvalue weighted by Crippen LogP contribution is 2.32. The Hall–Kier alpha value is -0.860. The molecule has 1 aromatic rings. The molecule has 1 saturated heterocycles. The molecule has 0 radical (unpaired) electrons. The van der Waals surface area contributed by atoms with Crippen molar-refractivity contribution in [2.75, 3.05) is 13.1 Å². The molecule has 0 amide bonds. The van der Waals surface area contributed by atoms with Crippen LogP contribution in [0.15, 0.2) is 30.3 Å². The minimum absolute atomic E-state index is 0.444. The van der Waals surface area contributed by atoms with Crippen molar-refractivity contribution in [1.82, 2.24) is 4.90 Å². The fraction of sp³-hybridized carbons (Fsp3) is 0.625. The van der Waals surface area contributed by atoms with Gasteiger partial charge in [-0.3, -0.25) is 4.90 Å². The van der Waals surface area contributed by atoms with Crippen molar-refractivity contribution in [3.05, 3.63) is 35.9 Å². The summed E-state index contributed by atoms with van der Waals surface area (Å²) in [4.78, 5) is 2.69. The number of hydrogen-bond acceptors (Lipinski definition) is 2. The van der Waals surface area contributed by atoms with Gasteiger partial charge >= 0.3 is 0 Å². The number of nitrogens with two attached hydrogens (primary N) is 1. The van der Waals surface area contributed by atoms with E-state index in [1.165, 1.54) is 50.8 Å². The van der Waals surface area contributed by atoms with Crippen LogP contribution < -0.4 is 5.73 Å². The summed E-state index contributed by atoms with van der Waals surface area (Å²) in [5, 5.41) is 0. The summed E-state index contributed by atoms with van der Waals surface area (Å²) in [6.07, 6.45) is 6.43. The summed E-state index contributed by atoms with van der Waals surface area (Å²) in [6.45, 7) is 2.50. The molecule has 1 aromatic carbocycles. The van der Waals surface area contributed by atoms with Crippen molar-refractivity contribution in [3.63, 3.8) is 0 Å². The molecule has 3 rings (SSSR count). The highest BCUT2D eigenvalue weighted by atomic mass is 15.2. The van der Waals surface area contributed by atoms with Crippen LogP contribution in [0, 0.1) is 0 Å². The molecular weight excluding hydrogens is 220 g/mol. The molecule has 1 aliphatic carbocycles. The van der Waals surface area contributed by atoms with Gasteiger partial charge in [-0.05, 0) is 43.7 Å². The average molecular weight is 244 g/mol. The van der Waals surface area contributed by atoms with Gasteiger partial charge in [-0.1, -0.05) is 36.8 Å². The maximum absolute atomic E-state index is 6.11. The van der Waals surface area contributed by atoms with Crippen LogP contribution in [0.2, 0.25) is 0 Å². The molecular formula is C16H24N2. The molecule has 3 unspecified atom stereocenters. The number of nitrogens with zero attached hydrogens (tertiary/aromatic N) is 1. The topological polar surface area (TPSA) is 29.3 Å². The van der Waals surface area contributed by atoms with E-state index < -0.39 is 0 Å². The molecule has 2 fully saturated rings. The van der Waals surface area contributed by atoms with Gasteiger partial charge in [0.25, 0.3) is 0 Å². The van der Waals surface area contributed by atoms with E-state index in [4.69, 9.17) is 5.73 Å². The van der Waals surface area contributed by atoms with Crippen molar-refractivity contribution in [2.24, 2.45) is 5.73 Å². The number of rotatable bonds is 2. The van der Waals surface area contributed by atoms with Gasteiger partial charge < -0.3 is 5.73 Å². The Balaban J connectivity index is 1.61. The third kappa shape index (κ3) is 2.60. The van der Waals surface area contributed by atoms with Gasteiger partial charge in [-0.15, -0.1) is 0 Å². The van der Waals surface area contributed by atoms with E-state index >= 15 is 0 Å². The van der Waals surface area contributed by atoms with Gasteiger partial charge in [0.05, 0.1) is 0 Å². The second-order valence-corrected chi connectivity index (χ2v) is 5.97. The quantitative estimate of drug-likeness (QED) is 0.866. The third-order valence-corrected chi connectivity index (χ3v) is 4.69. The zero-order chi connectivity index (χ0) is 12.4. The first kappa shape index (κ1) is 12.2. The van der Waals surface area contributed by atoms with Crippen LogP contribution in [-0.4, -0.2) is 30.1 Å². The summed E-state index contributed by atoms with van der Waals surface area (Å²) < 4.78 is 0. The summed E-state index contributed by atoms with van der Waals surface area (Å²) in [6, 6.07) is 12.2. The SMILES string of the molecule is NC1CCCC(N2CCC(c3ccccc3)C2)C1. The Labute approximate surface area is 110 Å². The first-order valence-electron chi connectivity index (χ1n) is 7.37. The van der Waals surface area contributed by atoms with E-state index in [-0.39, 0.29) is 0 Å². The first-order valence-corrected chi connectivity index (χ1v) is 7.37. The lowest BCUT2D eigenvalue weighted by Gasteiger charge is -2.34. The van der Waals surface area contributed by atoms with E-state index in [0.29, 0.717) is 6.04 Å². The minimum atomic E-state index is 0.444. The number of likely N-dealkylation sites (tertiary alicyclic amines) is 1. The monoisotopic (exact) mass is 244 g/mol. The molecule has 18 heavy (non-hydrogen) atoms. The summed E-state index contributed by atoms with van der Waals surface area (Å²) in [7, 11) is 0. The fourth-order valence-electron chi connectivity index (χ4n) is 3.65. The normalized spacial score (nSPS) is 33.7. The lowest BCUT2D eigenvalue weighted by Crippen LogP contribution is -2.41. The molecule has 3 atom stereocenters. The molecule has 2 N–H and O–H groups in total. The van der Waals surface area contributed by atoms with Gasteiger partial charge in [0, 0.05) is 18.6 Å². The molecule has 0 aromatic heterocycles. The smallest absolute Gasteiger partial charge is 0.0110 e. The van der Waals surface area contributed by atoms with Gasteiger partial charge in [0.15, 0.2) is 0 Å². The van der Waals surface area contributed by atoms with Crippen LogP contribution in [0.4, 0.5) is 0 Å². The Bertz CT molecular complexity index is 376. The van der Waals surface area contributed by atoms with Crippen LogP contribution >= 0.6 is 0 Å². The highest BCUT2D eigenvalue weighted by Gasteiger charge is 2.31.